The summed E-state index contributed by atoms with van der Waals surface area (Å²) in [4.78, 5) is 7.25. The first-order valence-electron chi connectivity index (χ1n) is 7.13. The number of aryl methyl sites for hydroxylation is 3. The number of hydrogen-bond acceptors (Lipinski definition) is 6. The zero-order chi connectivity index (χ0) is 14.5. The van der Waals surface area contributed by atoms with Crippen LogP contribution >= 0.6 is 22.9 Å². The quantitative estimate of drug-likeness (QED) is 0.851. The lowest BCUT2D eigenvalue weighted by atomic mass is 10.1. The molecule has 0 aliphatic heterocycles. The predicted molar refractivity (Wildman–Crippen MR) is 85.6 cm³/mol. The molecule has 1 N–H and O–H groups in total. The Hall–Kier alpha value is -0.850. The van der Waals surface area contributed by atoms with E-state index in [0.717, 1.165) is 37.2 Å². The summed E-state index contributed by atoms with van der Waals surface area (Å²) in [6, 6.07) is 0.287. The van der Waals surface area contributed by atoms with E-state index in [4.69, 9.17) is 0 Å². The molecule has 0 radical (unpaired) electrons. The fourth-order valence-electron chi connectivity index (χ4n) is 2.10. The molecule has 0 spiro atoms. The molecule has 0 fully saturated rings. The smallest absolute Gasteiger partial charge is 0.0950 e. The average molecular weight is 310 g/mol. The van der Waals surface area contributed by atoms with E-state index in [9.17, 15) is 0 Å². The molecule has 0 aliphatic carbocycles. The molecule has 0 saturated heterocycles. The van der Waals surface area contributed by atoms with Crippen LogP contribution in [0.5, 0.6) is 0 Å². The fourth-order valence-corrected chi connectivity index (χ4v) is 3.89. The molecule has 0 amide bonds. The second-order valence-electron chi connectivity index (χ2n) is 4.90. The topological polar surface area (TPSA) is 50.7 Å². The van der Waals surface area contributed by atoms with E-state index >= 15 is 0 Å². The second kappa shape index (κ2) is 7.24. The highest BCUT2D eigenvalue weighted by Gasteiger charge is 2.20. The zero-order valence-electron chi connectivity index (χ0n) is 12.6. The normalized spacial score (nSPS) is 12.8. The molecule has 2 aromatic rings. The van der Waals surface area contributed by atoms with Crippen molar-refractivity contribution in [1.29, 1.82) is 0 Å². The summed E-state index contributed by atoms with van der Waals surface area (Å²) in [5.41, 5.74) is 2.27. The molecule has 110 valence electrons. The van der Waals surface area contributed by atoms with E-state index in [1.54, 1.807) is 11.3 Å². The minimum absolute atomic E-state index is 0.287. The lowest BCUT2D eigenvalue weighted by Gasteiger charge is -2.16. The van der Waals surface area contributed by atoms with Crippen LogP contribution < -0.4 is 5.32 Å². The van der Waals surface area contributed by atoms with E-state index in [0.29, 0.717) is 0 Å². The maximum Gasteiger partial charge on any atom is 0.0950 e. The van der Waals surface area contributed by atoms with Gasteiger partial charge in [-0.1, -0.05) is 18.3 Å². The minimum Gasteiger partial charge on any atom is -0.309 e. The molecule has 6 heteroatoms. The van der Waals surface area contributed by atoms with Crippen molar-refractivity contribution in [1.82, 2.24) is 19.9 Å². The van der Waals surface area contributed by atoms with Gasteiger partial charge < -0.3 is 5.32 Å². The number of nitrogens with zero attached hydrogens (tertiary/aromatic N) is 3. The van der Waals surface area contributed by atoms with E-state index in [-0.39, 0.29) is 6.04 Å². The third-order valence-electron chi connectivity index (χ3n) is 3.33. The number of hydrogen-bond donors (Lipinski definition) is 1. The number of thiazole rings is 1. The van der Waals surface area contributed by atoms with Gasteiger partial charge in [0.2, 0.25) is 0 Å². The Labute approximate surface area is 128 Å². The Morgan fingerprint density at radius 3 is 2.65 bits per heavy atom. The van der Waals surface area contributed by atoms with Gasteiger partial charge in [-0.05, 0) is 44.8 Å². The molecule has 2 aromatic heterocycles. The third kappa shape index (κ3) is 3.62. The summed E-state index contributed by atoms with van der Waals surface area (Å²) in [7, 11) is 0. The second-order valence-corrected chi connectivity index (χ2v) is 6.97. The van der Waals surface area contributed by atoms with Crippen molar-refractivity contribution in [2.45, 2.75) is 53.0 Å². The molecular weight excluding hydrogens is 288 g/mol. The highest BCUT2D eigenvalue weighted by atomic mass is 32.1. The van der Waals surface area contributed by atoms with Gasteiger partial charge in [-0.2, -0.15) is 0 Å². The molecule has 2 heterocycles. The molecule has 2 rings (SSSR count). The summed E-state index contributed by atoms with van der Waals surface area (Å²) in [6.45, 7) is 9.55. The molecule has 0 bridgehead atoms. The van der Waals surface area contributed by atoms with Crippen LogP contribution in [0.25, 0.3) is 0 Å². The number of nitrogens with one attached hydrogen (secondary N) is 1. The summed E-state index contributed by atoms with van der Waals surface area (Å²) < 4.78 is 4.12. The van der Waals surface area contributed by atoms with Crippen molar-refractivity contribution in [3.05, 3.63) is 26.1 Å². The van der Waals surface area contributed by atoms with Crippen LogP contribution in [0.3, 0.4) is 0 Å². The fraction of sp³-hybridized carbons (Fsp3) is 0.643. The van der Waals surface area contributed by atoms with Crippen molar-refractivity contribution in [2.24, 2.45) is 0 Å². The number of aromatic nitrogens is 3. The van der Waals surface area contributed by atoms with Crippen molar-refractivity contribution in [3.8, 4) is 0 Å². The zero-order valence-corrected chi connectivity index (χ0v) is 14.2. The van der Waals surface area contributed by atoms with Crippen LogP contribution in [-0.4, -0.2) is 21.1 Å². The van der Waals surface area contributed by atoms with E-state index < -0.39 is 0 Å². The van der Waals surface area contributed by atoms with Crippen molar-refractivity contribution in [2.75, 3.05) is 6.54 Å². The highest BCUT2D eigenvalue weighted by molar-refractivity contribution is 7.11. The average Bonchev–Trinajstić information content (AvgIpc) is 3.02. The third-order valence-corrected chi connectivity index (χ3v) is 5.30. The van der Waals surface area contributed by atoms with Crippen molar-refractivity contribution < 1.29 is 0 Å². The van der Waals surface area contributed by atoms with Crippen LogP contribution in [0.1, 0.15) is 52.5 Å². The van der Waals surface area contributed by atoms with Crippen LogP contribution in [0.2, 0.25) is 0 Å². The predicted octanol–water partition coefficient (Wildman–Crippen LogP) is 3.46. The van der Waals surface area contributed by atoms with E-state index in [1.807, 2.05) is 0 Å². The first kappa shape index (κ1) is 15.5. The maximum absolute atomic E-state index is 4.67. The first-order chi connectivity index (χ1) is 9.65. The van der Waals surface area contributed by atoms with Crippen LogP contribution in [0.15, 0.2) is 0 Å². The van der Waals surface area contributed by atoms with Gasteiger partial charge >= 0.3 is 0 Å². The largest absolute Gasteiger partial charge is 0.309 e. The van der Waals surface area contributed by atoms with Crippen LogP contribution in [-0.2, 0) is 12.8 Å². The summed E-state index contributed by atoms with van der Waals surface area (Å²) in [5, 5.41) is 9.06. The van der Waals surface area contributed by atoms with Crippen molar-refractivity contribution in [3.63, 3.8) is 0 Å². The minimum atomic E-state index is 0.287. The Morgan fingerprint density at radius 1 is 1.25 bits per heavy atom. The van der Waals surface area contributed by atoms with Gasteiger partial charge in [-0.15, -0.1) is 16.4 Å². The van der Waals surface area contributed by atoms with Crippen LogP contribution in [0.4, 0.5) is 0 Å². The number of rotatable bonds is 7. The molecule has 4 nitrogen and oxygen atoms in total. The molecule has 0 aliphatic rings. The summed E-state index contributed by atoms with van der Waals surface area (Å²) in [5.74, 6) is 0. The Kier molecular flexibility index (Phi) is 5.63. The van der Waals surface area contributed by atoms with Gasteiger partial charge in [0.05, 0.1) is 27.3 Å². The first-order valence-corrected chi connectivity index (χ1v) is 8.72. The molecule has 0 aromatic carbocycles. The van der Waals surface area contributed by atoms with Crippen LogP contribution in [0, 0.1) is 13.8 Å². The molecular formula is C14H22N4S2. The van der Waals surface area contributed by atoms with Gasteiger partial charge in [0.15, 0.2) is 0 Å². The van der Waals surface area contributed by atoms with Gasteiger partial charge in [0.1, 0.15) is 0 Å². The molecule has 1 unspecified atom stereocenters. The van der Waals surface area contributed by atoms with Gasteiger partial charge in [-0.3, -0.25) is 0 Å². The van der Waals surface area contributed by atoms with Gasteiger partial charge in [-0.25, -0.2) is 4.98 Å². The molecule has 0 saturated carbocycles. The van der Waals surface area contributed by atoms with Gasteiger partial charge in [0.25, 0.3) is 0 Å². The lowest BCUT2D eigenvalue weighted by Crippen LogP contribution is -2.24. The maximum atomic E-state index is 4.67. The monoisotopic (exact) mass is 310 g/mol. The standard InChI is InChI=1S/C14H22N4S2/c1-5-7-15-12(14-11(6-2)17-18-20-14)8-13-16-9(3)10(4)19-13/h12,15H,5-8H2,1-4H3. The lowest BCUT2D eigenvalue weighted by molar-refractivity contribution is 0.531. The Balaban J connectivity index is 2.19. The Bertz CT molecular complexity index is 528. The molecule has 1 atom stereocenters. The summed E-state index contributed by atoms with van der Waals surface area (Å²) >= 11 is 3.32. The van der Waals surface area contributed by atoms with Gasteiger partial charge in [0, 0.05) is 11.3 Å². The van der Waals surface area contributed by atoms with E-state index in [1.165, 1.54) is 26.3 Å². The van der Waals surface area contributed by atoms with E-state index in [2.05, 4.69) is 47.6 Å². The Morgan fingerprint density at radius 2 is 2.05 bits per heavy atom. The van der Waals surface area contributed by atoms with Crippen molar-refractivity contribution >= 4 is 22.9 Å². The molecule has 20 heavy (non-hydrogen) atoms. The SMILES string of the molecule is CCCNC(Cc1nc(C)c(C)s1)c1snnc1CC. The summed E-state index contributed by atoms with van der Waals surface area (Å²) in [6.07, 6.45) is 2.99. The highest BCUT2D eigenvalue weighted by Crippen LogP contribution is 2.27.